The summed E-state index contributed by atoms with van der Waals surface area (Å²) < 4.78 is 5.23. The maximum absolute atomic E-state index is 12.5. The van der Waals surface area contributed by atoms with Gasteiger partial charge >= 0.3 is 0 Å². The molecule has 1 heterocycles. The Labute approximate surface area is 106 Å². The third-order valence-electron chi connectivity index (χ3n) is 3.39. The van der Waals surface area contributed by atoms with Gasteiger partial charge in [0.2, 0.25) is 5.91 Å². The van der Waals surface area contributed by atoms with Crippen molar-refractivity contribution in [2.45, 2.75) is 19.8 Å². The number of aliphatic hydroxyl groups excluding tert-OH is 1. The Balaban J connectivity index is 2.98. The van der Waals surface area contributed by atoms with Crippen LogP contribution in [0.3, 0.4) is 0 Å². The summed E-state index contributed by atoms with van der Waals surface area (Å²) in [4.78, 5) is 14.0. The summed E-state index contributed by atoms with van der Waals surface area (Å²) in [6.07, 6.45) is 0.785. The first-order chi connectivity index (χ1) is 8.62. The van der Waals surface area contributed by atoms with Crippen molar-refractivity contribution in [3.63, 3.8) is 0 Å². The standard InChI is InChI=1S/C11H21N3O4/c1-2-14(5-6-15)10(16)11(9(12)13-17)3-7-18-8-4-11/h15,17H,2-8H2,1H3,(H2,12,13). The van der Waals surface area contributed by atoms with Crippen LogP contribution in [-0.4, -0.2) is 59.9 Å². The van der Waals surface area contributed by atoms with Crippen LogP contribution in [0, 0.1) is 5.41 Å². The molecule has 1 aliphatic heterocycles. The zero-order valence-corrected chi connectivity index (χ0v) is 10.6. The van der Waals surface area contributed by atoms with Crippen LogP contribution >= 0.6 is 0 Å². The van der Waals surface area contributed by atoms with Gasteiger partial charge in [-0.05, 0) is 19.8 Å². The predicted molar refractivity (Wildman–Crippen MR) is 65.2 cm³/mol. The summed E-state index contributed by atoms with van der Waals surface area (Å²) in [5.41, 5.74) is 4.70. The molecule has 0 aromatic heterocycles. The van der Waals surface area contributed by atoms with Crippen molar-refractivity contribution in [3.8, 4) is 0 Å². The Kier molecular flexibility index (Phi) is 5.36. The molecule has 0 atom stereocenters. The van der Waals surface area contributed by atoms with Gasteiger partial charge in [0.15, 0.2) is 5.84 Å². The van der Waals surface area contributed by atoms with Gasteiger partial charge in [0.1, 0.15) is 5.41 Å². The molecule has 1 amide bonds. The Morgan fingerprint density at radius 1 is 1.50 bits per heavy atom. The normalized spacial score (nSPS) is 19.6. The number of oxime groups is 1. The highest BCUT2D eigenvalue weighted by Gasteiger charge is 2.46. The fourth-order valence-electron chi connectivity index (χ4n) is 2.22. The van der Waals surface area contributed by atoms with Gasteiger partial charge in [-0.15, -0.1) is 0 Å². The number of amides is 1. The molecule has 1 saturated heterocycles. The van der Waals surface area contributed by atoms with Crippen LogP contribution in [0.15, 0.2) is 5.16 Å². The Morgan fingerprint density at radius 3 is 2.56 bits per heavy atom. The number of aliphatic hydroxyl groups is 1. The second-order valence-corrected chi connectivity index (χ2v) is 4.29. The highest BCUT2D eigenvalue weighted by molar-refractivity contribution is 6.06. The summed E-state index contributed by atoms with van der Waals surface area (Å²) in [5.74, 6) is -0.287. The average Bonchev–Trinajstić information content (AvgIpc) is 2.43. The number of carbonyl (C=O) groups is 1. The Hall–Kier alpha value is -1.34. The molecule has 1 aliphatic rings. The second-order valence-electron chi connectivity index (χ2n) is 4.29. The molecule has 1 fully saturated rings. The lowest BCUT2D eigenvalue weighted by atomic mass is 9.77. The fraction of sp³-hybridized carbons (Fsp3) is 0.818. The molecule has 0 aliphatic carbocycles. The van der Waals surface area contributed by atoms with E-state index in [1.54, 1.807) is 0 Å². The quantitative estimate of drug-likeness (QED) is 0.264. The van der Waals surface area contributed by atoms with Crippen molar-refractivity contribution in [2.24, 2.45) is 16.3 Å². The lowest BCUT2D eigenvalue weighted by Crippen LogP contribution is -2.54. The van der Waals surface area contributed by atoms with Gasteiger partial charge in [-0.2, -0.15) is 0 Å². The molecule has 0 aromatic carbocycles. The number of likely N-dealkylation sites (N-methyl/N-ethyl adjacent to an activating group) is 1. The van der Waals surface area contributed by atoms with Gasteiger partial charge < -0.3 is 25.7 Å². The Bertz CT molecular complexity index is 313. The molecule has 1 rings (SSSR count). The molecule has 0 radical (unpaired) electrons. The van der Waals surface area contributed by atoms with Crippen molar-refractivity contribution >= 4 is 11.7 Å². The predicted octanol–water partition coefficient (Wildman–Crippen LogP) is -0.630. The molecule has 0 unspecified atom stereocenters. The van der Waals surface area contributed by atoms with Crippen molar-refractivity contribution in [1.82, 2.24) is 4.90 Å². The van der Waals surface area contributed by atoms with Crippen molar-refractivity contribution in [2.75, 3.05) is 32.9 Å². The number of ether oxygens (including phenoxy) is 1. The molecule has 7 nitrogen and oxygen atoms in total. The van der Waals surface area contributed by atoms with Crippen LogP contribution in [0.5, 0.6) is 0 Å². The van der Waals surface area contributed by atoms with E-state index >= 15 is 0 Å². The maximum Gasteiger partial charge on any atom is 0.236 e. The van der Waals surface area contributed by atoms with Gasteiger partial charge in [0.25, 0.3) is 0 Å². The van der Waals surface area contributed by atoms with Crippen LogP contribution in [0.1, 0.15) is 19.8 Å². The topological polar surface area (TPSA) is 108 Å². The maximum atomic E-state index is 12.5. The zero-order chi connectivity index (χ0) is 13.6. The van der Waals surface area contributed by atoms with Crippen molar-refractivity contribution < 1.29 is 19.8 Å². The summed E-state index contributed by atoms with van der Waals surface area (Å²) >= 11 is 0. The van der Waals surface area contributed by atoms with Crippen molar-refractivity contribution in [3.05, 3.63) is 0 Å². The minimum atomic E-state index is -1.00. The molecule has 0 saturated carbocycles. The summed E-state index contributed by atoms with van der Waals surface area (Å²) in [5, 5.41) is 20.9. The van der Waals surface area contributed by atoms with E-state index in [1.165, 1.54) is 4.90 Å². The van der Waals surface area contributed by atoms with Crippen molar-refractivity contribution in [1.29, 1.82) is 0 Å². The molecule has 104 valence electrons. The third-order valence-corrected chi connectivity index (χ3v) is 3.39. The number of amidine groups is 1. The number of rotatable bonds is 5. The van der Waals surface area contributed by atoms with Gasteiger partial charge in [-0.1, -0.05) is 5.16 Å². The largest absolute Gasteiger partial charge is 0.409 e. The van der Waals surface area contributed by atoms with E-state index in [0.29, 0.717) is 32.6 Å². The van der Waals surface area contributed by atoms with Crippen LogP contribution in [-0.2, 0) is 9.53 Å². The van der Waals surface area contributed by atoms with Crippen LogP contribution in [0.25, 0.3) is 0 Å². The first kappa shape index (κ1) is 14.7. The highest BCUT2D eigenvalue weighted by atomic mass is 16.5. The second kappa shape index (κ2) is 6.55. The lowest BCUT2D eigenvalue weighted by Gasteiger charge is -2.38. The molecule has 18 heavy (non-hydrogen) atoms. The first-order valence-electron chi connectivity index (χ1n) is 6.08. The number of carbonyl (C=O) groups excluding carboxylic acids is 1. The van der Waals surface area contributed by atoms with E-state index in [1.807, 2.05) is 6.92 Å². The number of nitrogens with two attached hydrogens (primary N) is 1. The average molecular weight is 259 g/mol. The summed E-state index contributed by atoms with van der Waals surface area (Å²) in [6, 6.07) is 0. The number of hydrogen-bond donors (Lipinski definition) is 3. The monoisotopic (exact) mass is 259 g/mol. The van der Waals surface area contributed by atoms with Crippen LogP contribution in [0.4, 0.5) is 0 Å². The van der Waals surface area contributed by atoms with E-state index in [2.05, 4.69) is 5.16 Å². The molecular formula is C11H21N3O4. The van der Waals surface area contributed by atoms with Gasteiger partial charge in [0.05, 0.1) is 6.61 Å². The van der Waals surface area contributed by atoms with E-state index < -0.39 is 5.41 Å². The third kappa shape index (κ3) is 2.73. The van der Waals surface area contributed by atoms with Crippen LogP contribution in [0.2, 0.25) is 0 Å². The van der Waals surface area contributed by atoms with E-state index in [-0.39, 0.29) is 24.9 Å². The van der Waals surface area contributed by atoms with Crippen LogP contribution < -0.4 is 5.73 Å². The molecule has 0 bridgehead atoms. The van der Waals surface area contributed by atoms with Gasteiger partial charge in [-0.3, -0.25) is 4.79 Å². The molecule has 4 N–H and O–H groups in total. The molecule has 0 aromatic rings. The number of nitrogens with zero attached hydrogens (tertiary/aromatic N) is 2. The molecular weight excluding hydrogens is 238 g/mol. The lowest BCUT2D eigenvalue weighted by molar-refractivity contribution is -0.143. The molecule has 7 heteroatoms. The smallest absolute Gasteiger partial charge is 0.236 e. The van der Waals surface area contributed by atoms with E-state index in [9.17, 15) is 4.79 Å². The number of hydrogen-bond acceptors (Lipinski definition) is 5. The fourth-order valence-corrected chi connectivity index (χ4v) is 2.22. The SMILES string of the molecule is CCN(CCO)C(=O)C1(C(N)=NO)CCOCC1. The first-order valence-corrected chi connectivity index (χ1v) is 6.08. The minimum absolute atomic E-state index is 0.0767. The van der Waals surface area contributed by atoms with Gasteiger partial charge in [-0.25, -0.2) is 0 Å². The van der Waals surface area contributed by atoms with E-state index in [4.69, 9.17) is 20.8 Å². The van der Waals surface area contributed by atoms with Gasteiger partial charge in [0, 0.05) is 26.3 Å². The summed E-state index contributed by atoms with van der Waals surface area (Å²) in [6.45, 7) is 3.24. The zero-order valence-electron chi connectivity index (χ0n) is 10.6. The molecule has 0 spiro atoms. The summed E-state index contributed by atoms with van der Waals surface area (Å²) in [7, 11) is 0. The highest BCUT2D eigenvalue weighted by Crippen LogP contribution is 2.33. The van der Waals surface area contributed by atoms with E-state index in [0.717, 1.165) is 0 Å². The Morgan fingerprint density at radius 2 is 2.11 bits per heavy atom. The minimum Gasteiger partial charge on any atom is -0.409 e.